The van der Waals surface area contributed by atoms with Crippen molar-refractivity contribution in [2.24, 2.45) is 0 Å². The summed E-state index contributed by atoms with van der Waals surface area (Å²) in [5.41, 5.74) is -4.76. The molecule has 6 heteroatoms. The highest BCUT2D eigenvalue weighted by Gasteiger charge is 2.47. The Balaban J connectivity index is 3.26. The van der Waals surface area contributed by atoms with Gasteiger partial charge in [-0.15, -0.1) is 0 Å². The van der Waals surface area contributed by atoms with Gasteiger partial charge in [-0.2, -0.15) is 13.2 Å². The normalized spacial score (nSPS) is 13.9. The summed E-state index contributed by atoms with van der Waals surface area (Å²) in [6.07, 6.45) is -4.59. The maximum Gasteiger partial charge on any atom is 0.416 e. The van der Waals surface area contributed by atoms with Crippen molar-refractivity contribution in [2.75, 3.05) is 0 Å². The minimum atomic E-state index is -4.59. The molecular formula is C11H13F5Si. The van der Waals surface area contributed by atoms with Gasteiger partial charge in [-0.05, 0) is 12.1 Å². The summed E-state index contributed by atoms with van der Waals surface area (Å²) in [5, 5.41) is 0. The molecule has 1 rings (SSSR count). The van der Waals surface area contributed by atoms with E-state index < -0.39 is 30.9 Å². The second kappa shape index (κ2) is 4.08. The largest absolute Gasteiger partial charge is 0.416 e. The number of hydrogen-bond acceptors (Lipinski definition) is 0. The number of hydrogen-bond donors (Lipinski definition) is 0. The molecule has 17 heavy (non-hydrogen) atoms. The van der Waals surface area contributed by atoms with E-state index in [1.807, 2.05) is 0 Å². The third kappa shape index (κ3) is 2.85. The maximum absolute atomic E-state index is 13.9. The Bertz CT molecular complexity index is 403. The van der Waals surface area contributed by atoms with Crippen LogP contribution in [0, 0.1) is 0 Å². The molecule has 0 saturated heterocycles. The van der Waals surface area contributed by atoms with Gasteiger partial charge in [0.15, 0.2) is 0 Å². The van der Waals surface area contributed by atoms with Crippen LogP contribution < -0.4 is 0 Å². The van der Waals surface area contributed by atoms with E-state index in [9.17, 15) is 22.0 Å². The first kappa shape index (κ1) is 14.1. The Hall–Kier alpha value is -0.913. The summed E-state index contributed by atoms with van der Waals surface area (Å²) >= 11 is 0. The zero-order chi connectivity index (χ0) is 13.5. The summed E-state index contributed by atoms with van der Waals surface area (Å²) < 4.78 is 65.1. The molecule has 0 saturated carbocycles. The average molecular weight is 268 g/mol. The minimum absolute atomic E-state index is 0.540. The lowest BCUT2D eigenvalue weighted by atomic mass is 10.1. The summed E-state index contributed by atoms with van der Waals surface area (Å²) in [6, 6.07) is 3.40. The van der Waals surface area contributed by atoms with E-state index in [-0.39, 0.29) is 0 Å². The molecule has 0 aromatic heterocycles. The Labute approximate surface area is 97.5 Å². The lowest BCUT2D eigenvalue weighted by Gasteiger charge is -2.29. The van der Waals surface area contributed by atoms with Gasteiger partial charge in [0.2, 0.25) is 0 Å². The van der Waals surface area contributed by atoms with Crippen molar-refractivity contribution in [3.63, 3.8) is 0 Å². The Morgan fingerprint density at radius 2 is 1.35 bits per heavy atom. The summed E-state index contributed by atoms with van der Waals surface area (Å²) in [6.45, 7) is 4.27. The first-order valence-corrected chi connectivity index (χ1v) is 8.52. The van der Waals surface area contributed by atoms with Crippen molar-refractivity contribution >= 4 is 8.07 Å². The van der Waals surface area contributed by atoms with Crippen LogP contribution in [0.15, 0.2) is 24.3 Å². The number of benzene rings is 1. The van der Waals surface area contributed by atoms with Gasteiger partial charge in [0.1, 0.15) is 8.07 Å². The van der Waals surface area contributed by atoms with Crippen molar-refractivity contribution in [1.29, 1.82) is 0 Å². The van der Waals surface area contributed by atoms with Gasteiger partial charge in [-0.25, -0.2) is 8.78 Å². The van der Waals surface area contributed by atoms with E-state index in [1.165, 1.54) is 19.6 Å². The predicted octanol–water partition coefficient (Wildman–Crippen LogP) is 4.67. The molecule has 0 aliphatic rings. The third-order valence-electron chi connectivity index (χ3n) is 2.49. The Kier molecular flexibility index (Phi) is 3.40. The van der Waals surface area contributed by atoms with Crippen LogP contribution in [0.25, 0.3) is 0 Å². The number of rotatable bonds is 2. The van der Waals surface area contributed by atoms with E-state index in [1.54, 1.807) is 0 Å². The monoisotopic (exact) mass is 268 g/mol. The second-order valence-corrected chi connectivity index (χ2v) is 10.0. The smallest absolute Gasteiger partial charge is 0.207 e. The van der Waals surface area contributed by atoms with Gasteiger partial charge in [0.25, 0.3) is 5.55 Å². The molecule has 0 aliphatic carbocycles. The molecule has 0 heterocycles. The quantitative estimate of drug-likeness (QED) is 0.540. The minimum Gasteiger partial charge on any atom is -0.207 e. The highest BCUT2D eigenvalue weighted by Crippen LogP contribution is 2.39. The van der Waals surface area contributed by atoms with Crippen LogP contribution in [0.4, 0.5) is 22.0 Å². The fourth-order valence-corrected chi connectivity index (χ4v) is 2.35. The molecule has 0 N–H and O–H groups in total. The van der Waals surface area contributed by atoms with Gasteiger partial charge in [-0.1, -0.05) is 31.8 Å². The van der Waals surface area contributed by atoms with Crippen molar-refractivity contribution in [3.8, 4) is 0 Å². The molecule has 0 aliphatic heterocycles. The van der Waals surface area contributed by atoms with Crippen LogP contribution in [0.1, 0.15) is 11.1 Å². The molecule has 0 spiro atoms. The molecule has 0 amide bonds. The highest BCUT2D eigenvalue weighted by molar-refractivity contribution is 6.78. The van der Waals surface area contributed by atoms with Crippen LogP contribution in [0.3, 0.4) is 0 Å². The zero-order valence-electron chi connectivity index (χ0n) is 9.70. The summed E-state index contributed by atoms with van der Waals surface area (Å²) in [7, 11) is -2.91. The maximum atomic E-state index is 13.9. The molecule has 1 aromatic rings. The first-order chi connectivity index (χ1) is 7.46. The summed E-state index contributed by atoms with van der Waals surface area (Å²) in [4.78, 5) is 0. The number of halogens is 5. The summed E-state index contributed by atoms with van der Waals surface area (Å²) in [5.74, 6) is 0. The first-order valence-electron chi connectivity index (χ1n) is 5.02. The van der Waals surface area contributed by atoms with Gasteiger partial charge in [0, 0.05) is 5.56 Å². The zero-order valence-corrected chi connectivity index (χ0v) is 10.7. The van der Waals surface area contributed by atoms with Crippen molar-refractivity contribution in [2.45, 2.75) is 31.4 Å². The Morgan fingerprint density at radius 1 is 0.882 bits per heavy atom. The standard InChI is InChI=1S/C11H13F5Si/c1-17(2,3)11(15,16)9-6-4-5-8(7-9)10(12,13)14/h4-7H,1-3H3. The average Bonchev–Trinajstić information content (AvgIpc) is 2.15. The molecule has 0 radical (unpaired) electrons. The molecule has 0 unspecified atom stereocenters. The Morgan fingerprint density at radius 3 is 1.76 bits per heavy atom. The highest BCUT2D eigenvalue weighted by atomic mass is 28.3. The molecule has 0 fully saturated rings. The predicted molar refractivity (Wildman–Crippen MR) is 58.7 cm³/mol. The molecule has 0 bridgehead atoms. The molecule has 96 valence electrons. The second-order valence-electron chi connectivity index (χ2n) is 4.90. The van der Waals surface area contributed by atoms with Gasteiger partial charge >= 0.3 is 6.18 Å². The molecule has 0 atom stereocenters. The lowest BCUT2D eigenvalue weighted by molar-refractivity contribution is -0.137. The van der Waals surface area contributed by atoms with Crippen LogP contribution in [0.5, 0.6) is 0 Å². The van der Waals surface area contributed by atoms with Crippen LogP contribution in [-0.4, -0.2) is 8.07 Å². The number of alkyl halides is 5. The fraction of sp³-hybridized carbons (Fsp3) is 0.455. The topological polar surface area (TPSA) is 0 Å². The van der Waals surface area contributed by atoms with Crippen molar-refractivity contribution < 1.29 is 22.0 Å². The third-order valence-corrected chi connectivity index (χ3v) is 4.67. The molecule has 0 nitrogen and oxygen atoms in total. The van der Waals surface area contributed by atoms with E-state index >= 15 is 0 Å². The van der Waals surface area contributed by atoms with Gasteiger partial charge in [-0.3, -0.25) is 0 Å². The van der Waals surface area contributed by atoms with Crippen LogP contribution in [0.2, 0.25) is 19.6 Å². The van der Waals surface area contributed by atoms with Crippen LogP contribution in [-0.2, 0) is 11.7 Å². The van der Waals surface area contributed by atoms with Crippen molar-refractivity contribution in [3.05, 3.63) is 35.4 Å². The van der Waals surface area contributed by atoms with E-state index in [0.29, 0.717) is 6.07 Å². The van der Waals surface area contributed by atoms with Crippen LogP contribution >= 0.6 is 0 Å². The molecular weight excluding hydrogens is 255 g/mol. The van der Waals surface area contributed by atoms with E-state index in [2.05, 4.69) is 0 Å². The van der Waals surface area contributed by atoms with Gasteiger partial charge in [0.05, 0.1) is 5.56 Å². The van der Waals surface area contributed by atoms with E-state index in [4.69, 9.17) is 0 Å². The lowest BCUT2D eigenvalue weighted by Crippen LogP contribution is -2.42. The van der Waals surface area contributed by atoms with E-state index in [0.717, 1.165) is 18.2 Å². The van der Waals surface area contributed by atoms with Gasteiger partial charge < -0.3 is 0 Å². The SMILES string of the molecule is C[Si](C)(C)C(F)(F)c1cccc(C(F)(F)F)c1. The fourth-order valence-electron chi connectivity index (χ4n) is 1.32. The molecule has 1 aromatic carbocycles. The van der Waals surface area contributed by atoms with Crippen molar-refractivity contribution in [1.82, 2.24) is 0 Å².